The van der Waals surface area contributed by atoms with E-state index in [1.54, 1.807) is 6.07 Å². The molecule has 6 aromatic rings. The van der Waals surface area contributed by atoms with Crippen molar-refractivity contribution in [2.45, 2.75) is 0 Å². The van der Waals surface area contributed by atoms with Crippen molar-refractivity contribution in [1.29, 1.82) is 0 Å². The third kappa shape index (κ3) is 4.02. The lowest BCUT2D eigenvalue weighted by atomic mass is 9.97. The number of aromatic nitrogens is 3. The van der Waals surface area contributed by atoms with Crippen LogP contribution in [0.25, 0.3) is 56.1 Å². The number of hydrogen-bond donors (Lipinski definition) is 1. The van der Waals surface area contributed by atoms with Crippen molar-refractivity contribution in [3.63, 3.8) is 0 Å². The van der Waals surface area contributed by atoms with Gasteiger partial charge < -0.3 is 5.11 Å². The first-order valence-electron chi connectivity index (χ1n) is 11.4. The average Bonchev–Trinajstić information content (AvgIpc) is 2.94. The van der Waals surface area contributed by atoms with E-state index in [4.69, 9.17) is 15.0 Å². The number of fused-ring (bicyclic) bond motifs is 1. The Balaban J connectivity index is 1.46. The lowest BCUT2D eigenvalue weighted by Crippen LogP contribution is -2.00. The van der Waals surface area contributed by atoms with E-state index in [1.807, 2.05) is 115 Å². The third-order valence-electron chi connectivity index (χ3n) is 6.04. The Morgan fingerprint density at radius 3 is 1.40 bits per heavy atom. The summed E-state index contributed by atoms with van der Waals surface area (Å²) >= 11 is 0. The maximum absolute atomic E-state index is 10.5. The van der Waals surface area contributed by atoms with Gasteiger partial charge in [0.2, 0.25) is 0 Å². The summed E-state index contributed by atoms with van der Waals surface area (Å²) in [5.41, 5.74) is 4.78. The van der Waals surface area contributed by atoms with Crippen molar-refractivity contribution in [3.8, 4) is 51.0 Å². The Bertz CT molecular complexity index is 1570. The molecule has 166 valence electrons. The van der Waals surface area contributed by atoms with Crippen molar-refractivity contribution >= 4 is 10.8 Å². The van der Waals surface area contributed by atoms with E-state index in [0.717, 1.165) is 38.6 Å². The van der Waals surface area contributed by atoms with Crippen molar-refractivity contribution in [1.82, 2.24) is 15.0 Å². The normalized spacial score (nSPS) is 11.0. The van der Waals surface area contributed by atoms with Crippen LogP contribution in [0.4, 0.5) is 0 Å². The molecule has 1 heterocycles. The molecule has 1 N–H and O–H groups in total. The molecule has 0 aliphatic rings. The minimum absolute atomic E-state index is 0.277. The highest BCUT2D eigenvalue weighted by molar-refractivity contribution is 6.00. The van der Waals surface area contributed by atoms with Crippen LogP contribution in [-0.2, 0) is 0 Å². The molecule has 0 amide bonds. The number of phenolic OH excluding ortho intramolecular Hbond substituents is 1. The highest BCUT2D eigenvalue weighted by atomic mass is 16.3. The number of rotatable bonds is 4. The lowest BCUT2D eigenvalue weighted by molar-refractivity contribution is 0.482. The number of nitrogens with zero attached hydrogens (tertiary/aromatic N) is 3. The van der Waals surface area contributed by atoms with Gasteiger partial charge >= 0.3 is 0 Å². The molecule has 0 saturated heterocycles. The highest BCUT2D eigenvalue weighted by Crippen LogP contribution is 2.35. The summed E-state index contributed by atoms with van der Waals surface area (Å²) in [4.78, 5) is 14.4. The van der Waals surface area contributed by atoms with Crippen LogP contribution >= 0.6 is 0 Å². The molecule has 0 unspecified atom stereocenters. The second kappa shape index (κ2) is 8.84. The molecular formula is C31H21N3O. The first kappa shape index (κ1) is 20.8. The van der Waals surface area contributed by atoms with Crippen LogP contribution in [0, 0.1) is 0 Å². The quantitative estimate of drug-likeness (QED) is 0.303. The molecule has 4 nitrogen and oxygen atoms in total. The van der Waals surface area contributed by atoms with E-state index in [9.17, 15) is 5.11 Å². The molecule has 0 aliphatic carbocycles. The van der Waals surface area contributed by atoms with Crippen LogP contribution in [0.5, 0.6) is 5.75 Å². The summed E-state index contributed by atoms with van der Waals surface area (Å²) in [5, 5.41) is 12.3. The fourth-order valence-corrected chi connectivity index (χ4v) is 4.30. The molecule has 0 spiro atoms. The topological polar surface area (TPSA) is 58.9 Å². The monoisotopic (exact) mass is 451 g/mol. The predicted molar refractivity (Wildman–Crippen MR) is 141 cm³/mol. The van der Waals surface area contributed by atoms with Gasteiger partial charge in [-0.1, -0.05) is 115 Å². The van der Waals surface area contributed by atoms with Gasteiger partial charge in [-0.05, 0) is 22.6 Å². The molecule has 0 aliphatic heterocycles. The lowest BCUT2D eigenvalue weighted by Gasteiger charge is -2.11. The summed E-state index contributed by atoms with van der Waals surface area (Å²) in [6.45, 7) is 0. The smallest absolute Gasteiger partial charge is 0.164 e. The van der Waals surface area contributed by atoms with Crippen molar-refractivity contribution in [2.75, 3.05) is 0 Å². The molecule has 6 rings (SSSR count). The summed E-state index contributed by atoms with van der Waals surface area (Å²) in [7, 11) is 0. The van der Waals surface area contributed by atoms with E-state index >= 15 is 0 Å². The van der Waals surface area contributed by atoms with Gasteiger partial charge in [-0.2, -0.15) is 0 Å². The van der Waals surface area contributed by atoms with Gasteiger partial charge in [-0.3, -0.25) is 0 Å². The Labute approximate surface area is 203 Å². The average molecular weight is 452 g/mol. The number of aromatic hydroxyl groups is 1. The molecule has 0 saturated carbocycles. The zero-order valence-electron chi connectivity index (χ0n) is 18.8. The Kier molecular flexibility index (Phi) is 5.24. The molecule has 35 heavy (non-hydrogen) atoms. The van der Waals surface area contributed by atoms with E-state index in [2.05, 4.69) is 0 Å². The van der Waals surface area contributed by atoms with Crippen molar-refractivity contribution < 1.29 is 5.11 Å². The summed E-state index contributed by atoms with van der Waals surface area (Å²) in [5.74, 6) is 2.17. The van der Waals surface area contributed by atoms with E-state index < -0.39 is 0 Å². The maximum Gasteiger partial charge on any atom is 0.164 e. The third-order valence-corrected chi connectivity index (χ3v) is 6.04. The van der Waals surface area contributed by atoms with E-state index in [0.29, 0.717) is 17.5 Å². The van der Waals surface area contributed by atoms with Gasteiger partial charge in [-0.15, -0.1) is 0 Å². The first-order chi connectivity index (χ1) is 17.3. The van der Waals surface area contributed by atoms with Crippen LogP contribution in [0.2, 0.25) is 0 Å². The highest BCUT2D eigenvalue weighted by Gasteiger charge is 2.13. The standard InChI is InChI=1S/C31H21N3O/c35-27-16-8-14-22-13-7-15-26(28(22)27)21-17-19-25(20-18-21)31-33-29(23-9-3-1-4-10-23)32-30(34-31)24-11-5-2-6-12-24/h1-20,35H. The van der Waals surface area contributed by atoms with Crippen molar-refractivity contribution in [2.24, 2.45) is 0 Å². The molecule has 1 aromatic heterocycles. The largest absolute Gasteiger partial charge is 0.507 e. The van der Waals surface area contributed by atoms with Crippen LogP contribution in [-0.4, -0.2) is 20.1 Å². The van der Waals surface area contributed by atoms with Gasteiger partial charge in [0.15, 0.2) is 17.5 Å². The molecule has 0 radical (unpaired) electrons. The summed E-state index contributed by atoms with van der Waals surface area (Å²) < 4.78 is 0. The second-order valence-electron chi connectivity index (χ2n) is 8.30. The van der Waals surface area contributed by atoms with Crippen LogP contribution in [0.1, 0.15) is 0 Å². The van der Waals surface area contributed by atoms with Crippen molar-refractivity contribution in [3.05, 3.63) is 121 Å². The Hall–Kier alpha value is -4.83. The second-order valence-corrected chi connectivity index (χ2v) is 8.30. The molecule has 5 aromatic carbocycles. The fourth-order valence-electron chi connectivity index (χ4n) is 4.30. The molecule has 0 bridgehead atoms. The molecule has 4 heteroatoms. The number of hydrogen-bond acceptors (Lipinski definition) is 4. The van der Waals surface area contributed by atoms with E-state index in [-0.39, 0.29) is 5.75 Å². The van der Waals surface area contributed by atoms with Gasteiger partial charge in [0, 0.05) is 22.1 Å². The minimum atomic E-state index is 0.277. The summed E-state index contributed by atoms with van der Waals surface area (Å²) in [6, 6.07) is 39.7. The van der Waals surface area contributed by atoms with Crippen LogP contribution in [0.3, 0.4) is 0 Å². The zero-order valence-corrected chi connectivity index (χ0v) is 18.8. The maximum atomic E-state index is 10.5. The minimum Gasteiger partial charge on any atom is -0.507 e. The zero-order chi connectivity index (χ0) is 23.6. The number of phenols is 1. The van der Waals surface area contributed by atoms with Crippen LogP contribution in [0.15, 0.2) is 121 Å². The predicted octanol–water partition coefficient (Wildman–Crippen LogP) is 7.40. The fraction of sp³-hybridized carbons (Fsp3) is 0. The first-order valence-corrected chi connectivity index (χ1v) is 11.4. The van der Waals surface area contributed by atoms with Crippen LogP contribution < -0.4 is 0 Å². The van der Waals surface area contributed by atoms with Gasteiger partial charge in [0.1, 0.15) is 5.75 Å². The molecular weight excluding hydrogens is 430 g/mol. The Morgan fingerprint density at radius 2 is 0.857 bits per heavy atom. The molecule has 0 atom stereocenters. The Morgan fingerprint density at radius 1 is 0.400 bits per heavy atom. The van der Waals surface area contributed by atoms with Gasteiger partial charge in [0.25, 0.3) is 0 Å². The van der Waals surface area contributed by atoms with Gasteiger partial charge in [0.05, 0.1) is 0 Å². The molecule has 0 fully saturated rings. The SMILES string of the molecule is Oc1cccc2cccc(-c3ccc(-c4nc(-c5ccccc5)nc(-c5ccccc5)n4)cc3)c12. The summed E-state index contributed by atoms with van der Waals surface area (Å²) in [6.07, 6.45) is 0. The number of benzene rings is 5. The van der Waals surface area contributed by atoms with Gasteiger partial charge in [-0.25, -0.2) is 15.0 Å². The van der Waals surface area contributed by atoms with E-state index in [1.165, 1.54) is 0 Å².